The molecule has 5 rings (SSSR count). The number of aliphatic hydroxyl groups is 1. The summed E-state index contributed by atoms with van der Waals surface area (Å²) in [6, 6.07) is 8.01. The minimum Gasteiger partial charge on any atom is -0.382 e. The van der Waals surface area contributed by atoms with Crippen LogP contribution in [0.4, 0.5) is 0 Å². The highest BCUT2D eigenvalue weighted by Gasteiger charge is 2.26. The van der Waals surface area contributed by atoms with Gasteiger partial charge < -0.3 is 14.6 Å². The number of hydrogen-bond acceptors (Lipinski definition) is 5. The van der Waals surface area contributed by atoms with Gasteiger partial charge in [-0.3, -0.25) is 9.48 Å². The highest BCUT2D eigenvalue weighted by Crippen LogP contribution is 2.33. The number of amides is 1. The maximum Gasteiger partial charge on any atom is 0.254 e. The quantitative estimate of drug-likeness (QED) is 0.461. The Morgan fingerprint density at radius 3 is 2.58 bits per heavy atom. The maximum absolute atomic E-state index is 13.6. The summed E-state index contributed by atoms with van der Waals surface area (Å²) in [7, 11) is 3.94. The SMILES string of the molecule is Cc1cc2c(cc1C(=O)N1CCC(Cc3ccn(C)n3)CC1)c(-c1ccnc(C(C)(C)O)n1)cn2C. The van der Waals surface area contributed by atoms with Crippen molar-refractivity contribution in [1.29, 1.82) is 0 Å². The van der Waals surface area contributed by atoms with Gasteiger partial charge in [0.2, 0.25) is 0 Å². The first kappa shape index (κ1) is 24.2. The van der Waals surface area contributed by atoms with Gasteiger partial charge in [-0.05, 0) is 75.8 Å². The van der Waals surface area contributed by atoms with Gasteiger partial charge in [0.25, 0.3) is 5.91 Å². The number of benzene rings is 1. The van der Waals surface area contributed by atoms with E-state index in [4.69, 9.17) is 0 Å². The van der Waals surface area contributed by atoms with Crippen LogP contribution in [0.3, 0.4) is 0 Å². The molecular formula is C28H34N6O2. The summed E-state index contributed by atoms with van der Waals surface area (Å²) in [6.45, 7) is 6.88. The number of nitrogens with zero attached hydrogens (tertiary/aromatic N) is 6. The Labute approximate surface area is 211 Å². The molecule has 0 bridgehead atoms. The lowest BCUT2D eigenvalue weighted by Gasteiger charge is -2.32. The Bertz CT molecular complexity index is 1420. The molecule has 1 amide bonds. The van der Waals surface area contributed by atoms with Crippen molar-refractivity contribution >= 4 is 16.8 Å². The number of carbonyl (C=O) groups excluding carboxylic acids is 1. The van der Waals surface area contributed by atoms with Gasteiger partial charge in [-0.1, -0.05) is 0 Å². The summed E-state index contributed by atoms with van der Waals surface area (Å²) >= 11 is 0. The third kappa shape index (κ3) is 4.65. The van der Waals surface area contributed by atoms with Gasteiger partial charge in [0.1, 0.15) is 5.60 Å². The molecule has 0 spiro atoms. The lowest BCUT2D eigenvalue weighted by molar-refractivity contribution is 0.0683. The predicted octanol–water partition coefficient (Wildman–Crippen LogP) is 4.00. The number of likely N-dealkylation sites (tertiary alicyclic amines) is 1. The van der Waals surface area contributed by atoms with Crippen LogP contribution in [0, 0.1) is 12.8 Å². The molecule has 0 radical (unpaired) electrons. The van der Waals surface area contributed by atoms with Crippen LogP contribution in [0.15, 0.2) is 42.9 Å². The molecule has 1 fully saturated rings. The Balaban J connectivity index is 1.40. The molecule has 1 aliphatic heterocycles. The van der Waals surface area contributed by atoms with E-state index in [-0.39, 0.29) is 5.91 Å². The zero-order chi connectivity index (χ0) is 25.6. The number of hydrogen-bond donors (Lipinski definition) is 1. The highest BCUT2D eigenvalue weighted by atomic mass is 16.3. The molecule has 8 nitrogen and oxygen atoms in total. The molecule has 0 aliphatic carbocycles. The Morgan fingerprint density at radius 2 is 1.92 bits per heavy atom. The molecule has 0 saturated carbocycles. The van der Waals surface area contributed by atoms with E-state index in [1.807, 2.05) is 55.1 Å². The van der Waals surface area contributed by atoms with Gasteiger partial charge >= 0.3 is 0 Å². The molecule has 8 heteroatoms. The molecule has 3 aromatic heterocycles. The van der Waals surface area contributed by atoms with Crippen LogP contribution in [-0.4, -0.2) is 53.3 Å². The number of aryl methyl sites for hydroxylation is 3. The topological polar surface area (TPSA) is 89.1 Å². The van der Waals surface area contributed by atoms with Crippen molar-refractivity contribution in [2.75, 3.05) is 13.1 Å². The van der Waals surface area contributed by atoms with Crippen molar-refractivity contribution in [3.63, 3.8) is 0 Å². The number of piperidine rings is 1. The summed E-state index contributed by atoms with van der Waals surface area (Å²) in [6.07, 6.45) is 8.62. The summed E-state index contributed by atoms with van der Waals surface area (Å²) in [5.41, 5.74) is 4.37. The van der Waals surface area contributed by atoms with Gasteiger partial charge in [0.05, 0.1) is 11.4 Å². The van der Waals surface area contributed by atoms with Gasteiger partial charge in [0, 0.05) is 67.8 Å². The van der Waals surface area contributed by atoms with E-state index in [1.165, 1.54) is 0 Å². The zero-order valence-electron chi connectivity index (χ0n) is 21.7. The molecule has 4 aromatic rings. The van der Waals surface area contributed by atoms with Crippen LogP contribution in [0.2, 0.25) is 0 Å². The molecule has 1 N–H and O–H groups in total. The minimum absolute atomic E-state index is 0.0837. The van der Waals surface area contributed by atoms with Crippen molar-refractivity contribution < 1.29 is 9.90 Å². The maximum atomic E-state index is 13.6. The van der Waals surface area contributed by atoms with E-state index in [1.54, 1.807) is 20.0 Å². The summed E-state index contributed by atoms with van der Waals surface area (Å²) in [5, 5.41) is 15.9. The molecule has 0 atom stereocenters. The number of carbonyl (C=O) groups is 1. The fourth-order valence-electron chi connectivity index (χ4n) is 5.15. The molecular weight excluding hydrogens is 452 g/mol. The number of rotatable bonds is 5. The van der Waals surface area contributed by atoms with Gasteiger partial charge in [-0.25, -0.2) is 9.97 Å². The van der Waals surface area contributed by atoms with Crippen molar-refractivity contribution in [1.82, 2.24) is 29.2 Å². The van der Waals surface area contributed by atoms with Crippen molar-refractivity contribution in [3.8, 4) is 11.3 Å². The van der Waals surface area contributed by atoms with Crippen molar-refractivity contribution in [3.05, 3.63) is 65.5 Å². The van der Waals surface area contributed by atoms with E-state index in [0.717, 1.165) is 71.3 Å². The predicted molar refractivity (Wildman–Crippen MR) is 139 cm³/mol. The first-order chi connectivity index (χ1) is 17.1. The fraction of sp³-hybridized carbons (Fsp3) is 0.429. The highest BCUT2D eigenvalue weighted by molar-refractivity contribution is 6.03. The molecule has 1 saturated heterocycles. The second-order valence-corrected chi connectivity index (χ2v) is 10.6. The van der Waals surface area contributed by atoms with E-state index < -0.39 is 5.60 Å². The molecule has 188 valence electrons. The van der Waals surface area contributed by atoms with Gasteiger partial charge in [0.15, 0.2) is 5.82 Å². The Kier molecular flexibility index (Phi) is 6.16. The Hall–Kier alpha value is -3.52. The summed E-state index contributed by atoms with van der Waals surface area (Å²) in [4.78, 5) is 24.5. The second-order valence-electron chi connectivity index (χ2n) is 10.6. The Morgan fingerprint density at radius 1 is 1.17 bits per heavy atom. The largest absolute Gasteiger partial charge is 0.382 e. The summed E-state index contributed by atoms with van der Waals surface area (Å²) in [5.74, 6) is 1.00. The fourth-order valence-corrected chi connectivity index (χ4v) is 5.15. The van der Waals surface area contributed by atoms with Crippen molar-refractivity contribution in [2.24, 2.45) is 20.0 Å². The van der Waals surface area contributed by atoms with Crippen LogP contribution in [-0.2, 0) is 26.1 Å². The molecule has 36 heavy (non-hydrogen) atoms. The monoisotopic (exact) mass is 486 g/mol. The smallest absolute Gasteiger partial charge is 0.254 e. The third-order valence-corrected chi connectivity index (χ3v) is 7.21. The van der Waals surface area contributed by atoms with Gasteiger partial charge in [-0.2, -0.15) is 5.10 Å². The summed E-state index contributed by atoms with van der Waals surface area (Å²) < 4.78 is 3.90. The molecule has 0 unspecified atom stereocenters. The van der Waals surface area contributed by atoms with E-state index in [9.17, 15) is 9.90 Å². The lowest BCUT2D eigenvalue weighted by Crippen LogP contribution is -2.39. The van der Waals surface area contributed by atoms with Crippen molar-refractivity contribution in [2.45, 2.75) is 45.6 Å². The zero-order valence-corrected chi connectivity index (χ0v) is 21.7. The van der Waals surface area contributed by atoms with Crippen LogP contribution in [0.1, 0.15) is 54.1 Å². The molecule has 1 aromatic carbocycles. The van der Waals surface area contributed by atoms with E-state index in [2.05, 4.69) is 31.8 Å². The third-order valence-electron chi connectivity index (χ3n) is 7.21. The van der Waals surface area contributed by atoms with Crippen LogP contribution in [0.25, 0.3) is 22.2 Å². The first-order valence-corrected chi connectivity index (χ1v) is 12.5. The molecule has 4 heterocycles. The van der Waals surface area contributed by atoms with Crippen LogP contribution >= 0.6 is 0 Å². The van der Waals surface area contributed by atoms with Crippen LogP contribution in [0.5, 0.6) is 0 Å². The van der Waals surface area contributed by atoms with E-state index >= 15 is 0 Å². The molecule has 1 aliphatic rings. The van der Waals surface area contributed by atoms with Gasteiger partial charge in [-0.15, -0.1) is 0 Å². The normalized spacial score (nSPS) is 15.1. The van der Waals surface area contributed by atoms with E-state index in [0.29, 0.717) is 11.7 Å². The second kappa shape index (κ2) is 9.17. The van der Waals surface area contributed by atoms with Crippen LogP contribution < -0.4 is 0 Å². The first-order valence-electron chi connectivity index (χ1n) is 12.5. The number of fused-ring (bicyclic) bond motifs is 1. The standard InChI is InChI=1S/C28H34N6O2/c1-18-14-25-22(23(17-32(25)4)24-6-10-29-27(30-24)28(2,3)36)16-21(18)26(35)34-12-7-19(8-13-34)15-20-9-11-33(5)31-20/h6,9-11,14,16-17,19,36H,7-8,12-13,15H2,1-5H3. The minimum atomic E-state index is -1.14. The average molecular weight is 487 g/mol. The number of aromatic nitrogens is 5. The lowest BCUT2D eigenvalue weighted by atomic mass is 9.91. The average Bonchev–Trinajstić information content (AvgIpc) is 3.40.